The largest absolute Gasteiger partial charge is 0.434 e. The third-order valence-corrected chi connectivity index (χ3v) is 3.25. The molecule has 126 valence electrons. The van der Waals surface area contributed by atoms with Gasteiger partial charge in [0.1, 0.15) is 11.6 Å². The van der Waals surface area contributed by atoms with E-state index in [1.54, 1.807) is 37.4 Å². The molecular weight excluding hydrogens is 319 g/mol. The van der Waals surface area contributed by atoms with Crippen LogP contribution in [0.5, 0.6) is 5.75 Å². The van der Waals surface area contributed by atoms with Gasteiger partial charge in [0.2, 0.25) is 5.91 Å². The van der Waals surface area contributed by atoms with Gasteiger partial charge in [0.25, 0.3) is 0 Å². The van der Waals surface area contributed by atoms with Gasteiger partial charge in [0.05, 0.1) is 0 Å². The standard InChI is InChI=1S/C18H16F3NO2/c1-22(12-13-6-9-15(19)10-7-13)17(23)11-8-14-4-2-3-5-16(14)24-18(20)21/h2-11,18H,12H2,1H3/b11-8+. The summed E-state index contributed by atoms with van der Waals surface area (Å²) in [5, 5.41) is 0. The van der Waals surface area contributed by atoms with Crippen molar-refractivity contribution in [3.63, 3.8) is 0 Å². The number of hydrogen-bond donors (Lipinski definition) is 0. The van der Waals surface area contributed by atoms with Crippen LogP contribution >= 0.6 is 0 Å². The Kier molecular flexibility index (Phi) is 6.01. The highest BCUT2D eigenvalue weighted by Gasteiger charge is 2.09. The van der Waals surface area contributed by atoms with E-state index in [2.05, 4.69) is 4.74 Å². The van der Waals surface area contributed by atoms with Crippen LogP contribution in [0.3, 0.4) is 0 Å². The van der Waals surface area contributed by atoms with Crippen molar-refractivity contribution in [2.24, 2.45) is 0 Å². The van der Waals surface area contributed by atoms with Crippen molar-refractivity contribution >= 4 is 12.0 Å². The summed E-state index contributed by atoms with van der Waals surface area (Å²) < 4.78 is 42.0. The normalized spacial score (nSPS) is 11.0. The quantitative estimate of drug-likeness (QED) is 0.744. The minimum absolute atomic E-state index is 0.00209. The molecule has 0 atom stereocenters. The molecule has 2 aromatic carbocycles. The molecule has 0 bridgehead atoms. The number of rotatable bonds is 6. The number of alkyl halides is 2. The van der Waals surface area contributed by atoms with Gasteiger partial charge in [-0.15, -0.1) is 0 Å². The van der Waals surface area contributed by atoms with E-state index in [9.17, 15) is 18.0 Å². The number of amides is 1. The predicted octanol–water partition coefficient (Wildman–Crippen LogP) is 4.10. The first kappa shape index (κ1) is 17.6. The van der Waals surface area contributed by atoms with Crippen LogP contribution in [-0.4, -0.2) is 24.5 Å². The average molecular weight is 335 g/mol. The summed E-state index contributed by atoms with van der Waals surface area (Å²) in [7, 11) is 1.59. The van der Waals surface area contributed by atoms with Crippen molar-refractivity contribution in [1.29, 1.82) is 0 Å². The summed E-state index contributed by atoms with van der Waals surface area (Å²) in [5.41, 5.74) is 1.16. The Bertz CT molecular complexity index is 714. The van der Waals surface area contributed by atoms with Crippen molar-refractivity contribution in [2.75, 3.05) is 7.05 Å². The number of likely N-dealkylation sites (N-methyl/N-ethyl adjacent to an activating group) is 1. The molecule has 0 saturated carbocycles. The lowest BCUT2D eigenvalue weighted by atomic mass is 10.2. The van der Waals surface area contributed by atoms with Crippen LogP contribution in [0, 0.1) is 5.82 Å². The van der Waals surface area contributed by atoms with E-state index in [0.717, 1.165) is 5.56 Å². The van der Waals surface area contributed by atoms with Crippen LogP contribution in [-0.2, 0) is 11.3 Å². The van der Waals surface area contributed by atoms with Crippen molar-refractivity contribution < 1.29 is 22.7 Å². The maximum absolute atomic E-state index is 12.9. The van der Waals surface area contributed by atoms with E-state index in [0.29, 0.717) is 12.1 Å². The zero-order valence-electron chi connectivity index (χ0n) is 13.0. The number of carbonyl (C=O) groups excluding carboxylic acids is 1. The minimum atomic E-state index is -2.93. The maximum Gasteiger partial charge on any atom is 0.387 e. The van der Waals surface area contributed by atoms with Crippen LogP contribution in [0.15, 0.2) is 54.6 Å². The van der Waals surface area contributed by atoms with E-state index in [-0.39, 0.29) is 17.5 Å². The molecule has 0 aliphatic heterocycles. The fraction of sp³-hybridized carbons (Fsp3) is 0.167. The fourth-order valence-corrected chi connectivity index (χ4v) is 2.05. The smallest absolute Gasteiger partial charge is 0.387 e. The zero-order valence-corrected chi connectivity index (χ0v) is 13.0. The molecule has 0 aliphatic rings. The number of carbonyl (C=O) groups is 1. The Morgan fingerprint density at radius 2 is 1.83 bits per heavy atom. The van der Waals surface area contributed by atoms with Gasteiger partial charge >= 0.3 is 6.61 Å². The highest BCUT2D eigenvalue weighted by Crippen LogP contribution is 2.21. The van der Waals surface area contributed by atoms with Crippen LogP contribution in [0.4, 0.5) is 13.2 Å². The lowest BCUT2D eigenvalue weighted by molar-refractivity contribution is -0.125. The Hall–Kier alpha value is -2.76. The first-order valence-corrected chi connectivity index (χ1v) is 7.17. The van der Waals surface area contributed by atoms with Gasteiger partial charge in [-0.3, -0.25) is 4.79 Å². The van der Waals surface area contributed by atoms with E-state index in [1.165, 1.54) is 35.3 Å². The summed E-state index contributed by atoms with van der Waals surface area (Å²) in [6, 6.07) is 12.0. The Morgan fingerprint density at radius 3 is 2.50 bits per heavy atom. The first-order valence-electron chi connectivity index (χ1n) is 7.17. The van der Waals surface area contributed by atoms with Gasteiger partial charge in [-0.05, 0) is 29.8 Å². The molecule has 0 aliphatic carbocycles. The van der Waals surface area contributed by atoms with Crippen molar-refractivity contribution in [1.82, 2.24) is 4.90 Å². The van der Waals surface area contributed by atoms with Gasteiger partial charge in [0, 0.05) is 25.2 Å². The second-order valence-corrected chi connectivity index (χ2v) is 5.07. The molecule has 0 aromatic heterocycles. The average Bonchev–Trinajstić information content (AvgIpc) is 2.55. The number of para-hydroxylation sites is 1. The molecule has 2 aromatic rings. The Balaban J connectivity index is 2.03. The Labute approximate surface area is 138 Å². The van der Waals surface area contributed by atoms with Crippen molar-refractivity contribution in [2.45, 2.75) is 13.2 Å². The molecule has 3 nitrogen and oxygen atoms in total. The summed E-state index contributed by atoms with van der Waals surface area (Å²) in [6.07, 6.45) is 2.69. The Morgan fingerprint density at radius 1 is 1.17 bits per heavy atom. The molecular formula is C18H16F3NO2. The van der Waals surface area contributed by atoms with Crippen molar-refractivity contribution in [3.8, 4) is 5.75 Å². The minimum Gasteiger partial charge on any atom is -0.434 e. The summed E-state index contributed by atoms with van der Waals surface area (Å²) in [5.74, 6) is -0.660. The van der Waals surface area contributed by atoms with Gasteiger partial charge < -0.3 is 9.64 Å². The second-order valence-electron chi connectivity index (χ2n) is 5.07. The van der Waals surface area contributed by atoms with E-state index < -0.39 is 6.61 Å². The summed E-state index contributed by atoms with van der Waals surface area (Å²) in [4.78, 5) is 13.5. The van der Waals surface area contributed by atoms with Crippen LogP contribution < -0.4 is 4.74 Å². The molecule has 2 rings (SSSR count). The number of halogens is 3. The van der Waals surface area contributed by atoms with Gasteiger partial charge in [-0.25, -0.2) is 4.39 Å². The molecule has 6 heteroatoms. The maximum atomic E-state index is 12.9. The summed E-state index contributed by atoms with van der Waals surface area (Å²) in [6.45, 7) is -2.63. The van der Waals surface area contributed by atoms with Crippen LogP contribution in [0.25, 0.3) is 6.08 Å². The van der Waals surface area contributed by atoms with E-state index >= 15 is 0 Å². The molecule has 0 saturated heterocycles. The topological polar surface area (TPSA) is 29.5 Å². The summed E-state index contributed by atoms with van der Waals surface area (Å²) >= 11 is 0. The number of ether oxygens (including phenoxy) is 1. The fourth-order valence-electron chi connectivity index (χ4n) is 2.05. The predicted molar refractivity (Wildman–Crippen MR) is 85.0 cm³/mol. The molecule has 0 N–H and O–H groups in total. The molecule has 0 unspecified atom stereocenters. The SMILES string of the molecule is CN(Cc1ccc(F)cc1)C(=O)/C=C/c1ccccc1OC(F)F. The lowest BCUT2D eigenvalue weighted by Gasteiger charge is -2.15. The van der Waals surface area contributed by atoms with Crippen LogP contribution in [0.2, 0.25) is 0 Å². The highest BCUT2D eigenvalue weighted by molar-refractivity contribution is 5.92. The number of benzene rings is 2. The zero-order chi connectivity index (χ0) is 17.5. The number of hydrogen-bond acceptors (Lipinski definition) is 2. The van der Waals surface area contributed by atoms with Crippen LogP contribution in [0.1, 0.15) is 11.1 Å². The lowest BCUT2D eigenvalue weighted by Crippen LogP contribution is -2.24. The van der Waals surface area contributed by atoms with E-state index in [4.69, 9.17) is 0 Å². The molecule has 24 heavy (non-hydrogen) atoms. The van der Waals surface area contributed by atoms with Crippen molar-refractivity contribution in [3.05, 3.63) is 71.6 Å². The molecule has 0 fully saturated rings. The molecule has 0 radical (unpaired) electrons. The molecule has 1 amide bonds. The van der Waals surface area contributed by atoms with Gasteiger partial charge in [0.15, 0.2) is 0 Å². The second kappa shape index (κ2) is 8.19. The van der Waals surface area contributed by atoms with Gasteiger partial charge in [-0.2, -0.15) is 8.78 Å². The first-order chi connectivity index (χ1) is 11.5. The monoisotopic (exact) mass is 335 g/mol. The molecule has 0 heterocycles. The third kappa shape index (κ3) is 5.15. The van der Waals surface area contributed by atoms with Gasteiger partial charge in [-0.1, -0.05) is 30.3 Å². The third-order valence-electron chi connectivity index (χ3n) is 3.25. The van der Waals surface area contributed by atoms with E-state index in [1.807, 2.05) is 0 Å². The number of nitrogens with zero attached hydrogens (tertiary/aromatic N) is 1. The highest BCUT2D eigenvalue weighted by atomic mass is 19.3. The molecule has 0 spiro atoms.